The van der Waals surface area contributed by atoms with Gasteiger partial charge in [0.2, 0.25) is 0 Å². The van der Waals surface area contributed by atoms with E-state index in [-0.39, 0.29) is 17.2 Å². The predicted octanol–water partition coefficient (Wildman–Crippen LogP) is 3.39. The van der Waals surface area contributed by atoms with Gasteiger partial charge in [0.25, 0.3) is 5.91 Å². The largest absolute Gasteiger partial charge is 0.459 e. The number of carbonyl (C=O) groups is 1. The highest BCUT2D eigenvalue weighted by Gasteiger charge is 2.11. The van der Waals surface area contributed by atoms with Crippen LogP contribution in [-0.4, -0.2) is 24.0 Å². The number of nitrogens with one attached hydrogen (secondary N) is 3. The van der Waals surface area contributed by atoms with Crippen LogP contribution in [0.15, 0.2) is 52.1 Å². The number of rotatable bonds is 5. The van der Waals surface area contributed by atoms with Gasteiger partial charge in [0.1, 0.15) is 0 Å². The van der Waals surface area contributed by atoms with Gasteiger partial charge >= 0.3 is 0 Å². The summed E-state index contributed by atoms with van der Waals surface area (Å²) in [5.41, 5.74) is 1.72. The van der Waals surface area contributed by atoms with Gasteiger partial charge in [-0.1, -0.05) is 12.1 Å². The first-order valence-corrected chi connectivity index (χ1v) is 8.37. The molecular weight excluding hydrogens is 316 g/mol. The minimum Gasteiger partial charge on any atom is -0.459 e. The lowest BCUT2D eigenvalue weighted by Gasteiger charge is -2.23. The molecule has 0 bridgehead atoms. The lowest BCUT2D eigenvalue weighted by Crippen LogP contribution is -2.47. The van der Waals surface area contributed by atoms with Crippen molar-refractivity contribution < 1.29 is 9.21 Å². The molecule has 0 radical (unpaired) electrons. The van der Waals surface area contributed by atoms with Gasteiger partial charge in [0.15, 0.2) is 11.7 Å². The molecule has 0 spiro atoms. The number of hydrogen-bond donors (Lipinski definition) is 3. The van der Waals surface area contributed by atoms with Crippen molar-refractivity contribution in [1.82, 2.24) is 10.6 Å². The normalized spacial score (nSPS) is 11.9. The van der Waals surface area contributed by atoms with Gasteiger partial charge in [-0.15, -0.1) is 0 Å². The summed E-state index contributed by atoms with van der Waals surface area (Å²) in [7, 11) is 0. The number of amides is 1. The van der Waals surface area contributed by atoms with Crippen LogP contribution < -0.4 is 16.0 Å². The van der Waals surface area contributed by atoms with E-state index < -0.39 is 0 Å². The summed E-state index contributed by atoms with van der Waals surface area (Å²) >= 11 is 0. The Hall–Kier alpha value is -2.76. The van der Waals surface area contributed by atoms with Gasteiger partial charge in [0, 0.05) is 17.8 Å². The van der Waals surface area contributed by atoms with Crippen molar-refractivity contribution in [2.75, 3.05) is 11.9 Å². The number of hydrogen-bond acceptors (Lipinski definition) is 3. The average Bonchev–Trinajstić information content (AvgIpc) is 3.07. The molecular formula is C19H26N4O2. The summed E-state index contributed by atoms with van der Waals surface area (Å²) in [6, 6.07) is 10.9. The highest BCUT2D eigenvalue weighted by molar-refractivity contribution is 6.02. The smallest absolute Gasteiger partial charge is 0.291 e. The summed E-state index contributed by atoms with van der Waals surface area (Å²) in [5, 5.41) is 9.38. The summed E-state index contributed by atoms with van der Waals surface area (Å²) in [6.45, 7) is 9.68. The minimum atomic E-state index is -0.264. The molecule has 0 atom stereocenters. The van der Waals surface area contributed by atoms with Crippen LogP contribution in [0, 0.1) is 0 Å². The third-order valence-electron chi connectivity index (χ3n) is 3.21. The summed E-state index contributed by atoms with van der Waals surface area (Å²) in [4.78, 5) is 16.5. The molecule has 0 aliphatic rings. The first-order chi connectivity index (χ1) is 11.9. The predicted molar refractivity (Wildman–Crippen MR) is 101 cm³/mol. The quantitative estimate of drug-likeness (QED) is 0.575. The summed E-state index contributed by atoms with van der Waals surface area (Å²) < 4.78 is 5.08. The summed E-state index contributed by atoms with van der Waals surface area (Å²) in [6.07, 6.45) is 1.48. The number of carbonyl (C=O) groups excluding carboxylic acids is 1. The molecule has 2 aromatic rings. The maximum absolute atomic E-state index is 11.9. The molecule has 0 saturated carbocycles. The molecule has 1 heterocycles. The first-order valence-electron chi connectivity index (χ1n) is 8.37. The van der Waals surface area contributed by atoms with Crippen LogP contribution >= 0.6 is 0 Å². The lowest BCUT2D eigenvalue weighted by atomic mass is 10.1. The van der Waals surface area contributed by atoms with Gasteiger partial charge in [-0.2, -0.15) is 0 Å². The molecule has 3 N–H and O–H groups in total. The van der Waals surface area contributed by atoms with Crippen molar-refractivity contribution in [2.24, 2.45) is 4.99 Å². The number of guanidine groups is 1. The van der Waals surface area contributed by atoms with Crippen molar-refractivity contribution in [2.45, 2.75) is 39.8 Å². The SMILES string of the molecule is CCNC(=NCc1ccc(NC(=O)c2ccco2)cc1)NC(C)(C)C. The van der Waals surface area contributed by atoms with Crippen molar-refractivity contribution >= 4 is 17.6 Å². The number of anilines is 1. The van der Waals surface area contributed by atoms with E-state index in [0.29, 0.717) is 12.2 Å². The third-order valence-corrected chi connectivity index (χ3v) is 3.21. The molecule has 0 saturated heterocycles. The van der Waals surface area contributed by atoms with Crippen LogP contribution in [-0.2, 0) is 6.54 Å². The Morgan fingerprint density at radius 1 is 1.16 bits per heavy atom. The van der Waals surface area contributed by atoms with Crippen LogP contribution in [0.25, 0.3) is 0 Å². The lowest BCUT2D eigenvalue weighted by molar-refractivity contribution is 0.0996. The van der Waals surface area contributed by atoms with Gasteiger partial charge in [-0.3, -0.25) is 4.79 Å². The Morgan fingerprint density at radius 2 is 1.88 bits per heavy atom. The average molecular weight is 342 g/mol. The molecule has 25 heavy (non-hydrogen) atoms. The van der Waals surface area contributed by atoms with Crippen molar-refractivity contribution in [3.05, 3.63) is 54.0 Å². The van der Waals surface area contributed by atoms with E-state index in [1.54, 1.807) is 12.1 Å². The van der Waals surface area contributed by atoms with Crippen molar-refractivity contribution in [1.29, 1.82) is 0 Å². The zero-order chi connectivity index (χ0) is 18.3. The van der Waals surface area contributed by atoms with Crippen LogP contribution in [0.4, 0.5) is 5.69 Å². The van der Waals surface area contributed by atoms with Crippen molar-refractivity contribution in [3.63, 3.8) is 0 Å². The Balaban J connectivity index is 1.96. The Kier molecular flexibility index (Phi) is 6.22. The fraction of sp³-hybridized carbons (Fsp3) is 0.368. The molecule has 1 aromatic heterocycles. The number of aliphatic imine (C=N–C) groups is 1. The van der Waals surface area contributed by atoms with Gasteiger partial charge in [-0.25, -0.2) is 4.99 Å². The van der Waals surface area contributed by atoms with Gasteiger partial charge in [0.05, 0.1) is 12.8 Å². The Morgan fingerprint density at radius 3 is 2.44 bits per heavy atom. The zero-order valence-electron chi connectivity index (χ0n) is 15.2. The zero-order valence-corrected chi connectivity index (χ0v) is 15.2. The van der Waals surface area contributed by atoms with Gasteiger partial charge < -0.3 is 20.4 Å². The maximum atomic E-state index is 11.9. The maximum Gasteiger partial charge on any atom is 0.291 e. The molecule has 6 heteroatoms. The fourth-order valence-electron chi connectivity index (χ4n) is 2.13. The number of benzene rings is 1. The van der Waals surface area contributed by atoms with E-state index >= 15 is 0 Å². The van der Waals surface area contributed by atoms with Crippen LogP contribution in [0.3, 0.4) is 0 Å². The molecule has 0 unspecified atom stereocenters. The second kappa shape index (κ2) is 8.37. The minimum absolute atomic E-state index is 0.0546. The molecule has 0 aliphatic heterocycles. The topological polar surface area (TPSA) is 78.7 Å². The van der Waals surface area contributed by atoms with E-state index in [9.17, 15) is 4.79 Å². The molecule has 6 nitrogen and oxygen atoms in total. The number of nitrogens with zero attached hydrogens (tertiary/aromatic N) is 1. The van der Waals surface area contributed by atoms with Crippen molar-refractivity contribution in [3.8, 4) is 0 Å². The first kappa shape index (κ1) is 18.6. The van der Waals surface area contributed by atoms with Crippen LogP contribution in [0.5, 0.6) is 0 Å². The Labute approximate surface area is 148 Å². The molecule has 134 valence electrons. The van der Waals surface area contributed by atoms with E-state index in [0.717, 1.165) is 18.1 Å². The highest BCUT2D eigenvalue weighted by atomic mass is 16.3. The van der Waals surface area contributed by atoms with E-state index in [2.05, 4.69) is 41.7 Å². The molecule has 1 aromatic carbocycles. The van der Waals surface area contributed by atoms with E-state index in [1.165, 1.54) is 6.26 Å². The third kappa shape index (κ3) is 6.33. The standard InChI is InChI=1S/C19H26N4O2/c1-5-20-18(23-19(2,3)4)21-13-14-8-10-15(11-9-14)22-17(24)16-7-6-12-25-16/h6-12H,5,13H2,1-4H3,(H,22,24)(H2,20,21,23). The number of furan rings is 1. The second-order valence-electron chi connectivity index (χ2n) is 6.70. The Bertz CT molecular complexity index is 698. The molecule has 2 rings (SSSR count). The van der Waals surface area contributed by atoms with E-state index in [1.807, 2.05) is 31.2 Å². The highest BCUT2D eigenvalue weighted by Crippen LogP contribution is 2.12. The van der Waals surface area contributed by atoms with Crippen LogP contribution in [0.2, 0.25) is 0 Å². The molecule has 0 aliphatic carbocycles. The second-order valence-corrected chi connectivity index (χ2v) is 6.70. The van der Waals surface area contributed by atoms with Crippen LogP contribution in [0.1, 0.15) is 43.8 Å². The fourth-order valence-corrected chi connectivity index (χ4v) is 2.13. The summed E-state index contributed by atoms with van der Waals surface area (Å²) in [5.74, 6) is 0.807. The molecule has 0 fully saturated rings. The van der Waals surface area contributed by atoms with Gasteiger partial charge in [-0.05, 0) is 57.5 Å². The van der Waals surface area contributed by atoms with E-state index in [4.69, 9.17) is 4.42 Å². The molecule has 1 amide bonds. The monoisotopic (exact) mass is 342 g/mol.